The van der Waals surface area contributed by atoms with Crippen LogP contribution in [0.5, 0.6) is 0 Å². The summed E-state index contributed by atoms with van der Waals surface area (Å²) in [6, 6.07) is 20.9. The van der Waals surface area contributed by atoms with E-state index in [1.807, 2.05) is 53.3 Å². The van der Waals surface area contributed by atoms with Gasteiger partial charge in [-0.05, 0) is 19.1 Å². The van der Waals surface area contributed by atoms with Gasteiger partial charge in [0.15, 0.2) is 5.84 Å². The van der Waals surface area contributed by atoms with Crippen molar-refractivity contribution in [1.82, 2.24) is 15.9 Å². The Hall–Kier alpha value is -1.54. The molecule has 0 amide bonds. The molecule has 2 N–H and O–H groups in total. The lowest BCUT2D eigenvalue weighted by molar-refractivity contribution is 0.192. The first-order valence-electron chi connectivity index (χ1n) is 8.19. The van der Waals surface area contributed by atoms with Gasteiger partial charge < -0.3 is 0 Å². The molecule has 0 saturated carbocycles. The van der Waals surface area contributed by atoms with Crippen LogP contribution in [-0.4, -0.2) is 27.7 Å². The number of halogens is 1. The predicted octanol–water partition coefficient (Wildman–Crippen LogP) is 3.56. The number of hydrazine groups is 2. The molecule has 2 aromatic carbocycles. The second-order valence-electron chi connectivity index (χ2n) is 6.04. The second-order valence-corrected chi connectivity index (χ2v) is 7.51. The fourth-order valence-corrected chi connectivity index (χ4v) is 4.06. The molecule has 4 rings (SSSR count). The van der Waals surface area contributed by atoms with Crippen LogP contribution in [0.2, 0.25) is 0 Å². The normalized spacial score (nSPS) is 26.1. The first kappa shape index (κ1) is 18.3. The molecule has 0 aromatic heterocycles. The van der Waals surface area contributed by atoms with E-state index < -0.39 is 0 Å². The molecule has 25 heavy (non-hydrogen) atoms. The summed E-state index contributed by atoms with van der Waals surface area (Å²) < 4.78 is 0. The minimum Gasteiger partial charge on any atom is -0.287 e. The topological polar surface area (TPSA) is 42.9 Å². The van der Waals surface area contributed by atoms with Gasteiger partial charge in [-0.3, -0.25) is 10.7 Å². The number of rotatable bonds is 3. The zero-order valence-corrected chi connectivity index (χ0v) is 16.7. The van der Waals surface area contributed by atoms with Crippen LogP contribution < -0.4 is 15.9 Å². The number of hydrogen-bond acceptors (Lipinski definition) is 6. The monoisotopic (exact) mass is 419 g/mol. The highest BCUT2D eigenvalue weighted by atomic mass is 79.9. The summed E-state index contributed by atoms with van der Waals surface area (Å²) in [5.41, 5.74) is 5.70. The molecular weight excluding hydrogens is 398 g/mol. The third-order valence-corrected chi connectivity index (χ3v) is 5.76. The van der Waals surface area contributed by atoms with Gasteiger partial charge in [0.1, 0.15) is 5.50 Å². The molecule has 0 bridgehead atoms. The van der Waals surface area contributed by atoms with Crippen LogP contribution in [0.25, 0.3) is 0 Å². The molecule has 3 unspecified atom stereocenters. The maximum Gasteiger partial charge on any atom is 0.171 e. The van der Waals surface area contributed by atoms with Crippen molar-refractivity contribution in [2.75, 3.05) is 5.12 Å². The molecule has 5 nitrogen and oxygen atoms in total. The molecule has 0 aliphatic carbocycles. The van der Waals surface area contributed by atoms with Gasteiger partial charge in [0.05, 0.1) is 5.69 Å². The summed E-state index contributed by atoms with van der Waals surface area (Å²) in [6.07, 6.45) is 0. The van der Waals surface area contributed by atoms with Gasteiger partial charge in [-0.2, -0.15) is 5.12 Å². The molecule has 2 aromatic rings. The van der Waals surface area contributed by atoms with Gasteiger partial charge in [0.25, 0.3) is 0 Å². The SMILES string of the molecule is Br.CC1NC(N2NC(c3ccccc3)=NN2c2ccccc2)SC1C. The van der Waals surface area contributed by atoms with Gasteiger partial charge in [-0.15, -0.1) is 33.8 Å². The highest BCUT2D eigenvalue weighted by Gasteiger charge is 2.38. The van der Waals surface area contributed by atoms with Crippen molar-refractivity contribution in [1.29, 1.82) is 0 Å². The number of hydrazone groups is 1. The third kappa shape index (κ3) is 3.69. The molecule has 3 atom stereocenters. The van der Waals surface area contributed by atoms with E-state index in [9.17, 15) is 0 Å². The maximum absolute atomic E-state index is 4.82. The van der Waals surface area contributed by atoms with E-state index >= 15 is 0 Å². The van der Waals surface area contributed by atoms with Crippen molar-refractivity contribution < 1.29 is 0 Å². The molecule has 1 saturated heterocycles. The molecule has 2 aliphatic heterocycles. The van der Waals surface area contributed by atoms with Crippen molar-refractivity contribution in [3.05, 3.63) is 66.2 Å². The Kier molecular flexibility index (Phi) is 5.68. The quantitative estimate of drug-likeness (QED) is 0.795. The van der Waals surface area contributed by atoms with Gasteiger partial charge in [-0.1, -0.05) is 60.6 Å². The minimum atomic E-state index is 0. The molecule has 2 heterocycles. The number of nitrogens with zero attached hydrogens (tertiary/aromatic N) is 3. The van der Waals surface area contributed by atoms with Crippen LogP contribution in [0.1, 0.15) is 19.4 Å². The van der Waals surface area contributed by atoms with E-state index in [2.05, 4.69) is 54.0 Å². The van der Waals surface area contributed by atoms with Crippen LogP contribution in [0.4, 0.5) is 5.69 Å². The van der Waals surface area contributed by atoms with E-state index in [1.54, 1.807) is 0 Å². The fourth-order valence-electron chi connectivity index (χ4n) is 2.79. The van der Waals surface area contributed by atoms with E-state index in [-0.39, 0.29) is 22.5 Å². The fraction of sp³-hybridized carbons (Fsp3) is 0.278. The van der Waals surface area contributed by atoms with Gasteiger partial charge in [-0.25, -0.2) is 0 Å². The zero-order valence-electron chi connectivity index (χ0n) is 14.2. The molecule has 7 heteroatoms. The lowest BCUT2D eigenvalue weighted by atomic mass is 10.2. The molecule has 0 spiro atoms. The number of para-hydroxylation sites is 1. The Labute approximate surface area is 163 Å². The van der Waals surface area contributed by atoms with E-state index in [1.165, 1.54) is 0 Å². The maximum atomic E-state index is 4.82. The van der Waals surface area contributed by atoms with Crippen LogP contribution >= 0.6 is 28.7 Å². The number of benzene rings is 2. The Bertz CT molecular complexity index is 717. The molecule has 0 radical (unpaired) electrons. The van der Waals surface area contributed by atoms with E-state index in [4.69, 9.17) is 5.10 Å². The summed E-state index contributed by atoms with van der Waals surface area (Å²) >= 11 is 1.90. The number of nitrogens with one attached hydrogen (secondary N) is 2. The third-order valence-electron chi connectivity index (χ3n) is 4.33. The molecular formula is C18H22BrN5S. The lowest BCUT2D eigenvalue weighted by Gasteiger charge is -2.30. The number of anilines is 1. The standard InChI is InChI=1S/C18H21N5S.BrH/c1-13-14(2)24-18(19-13)23-21-17(15-9-5-3-6-10-15)20-22(23)16-11-7-4-8-12-16;/h3-14,18-19H,1-2H3,(H,20,21);1H. The largest absolute Gasteiger partial charge is 0.287 e. The van der Waals surface area contributed by atoms with Crippen molar-refractivity contribution in [3.63, 3.8) is 0 Å². The van der Waals surface area contributed by atoms with Crippen molar-refractivity contribution in [3.8, 4) is 0 Å². The second kappa shape index (κ2) is 7.78. The van der Waals surface area contributed by atoms with Crippen molar-refractivity contribution in [2.45, 2.75) is 30.6 Å². The minimum absolute atomic E-state index is 0. The summed E-state index contributed by atoms with van der Waals surface area (Å²) in [4.78, 5) is 0. The Morgan fingerprint density at radius 2 is 1.60 bits per heavy atom. The zero-order chi connectivity index (χ0) is 16.5. The van der Waals surface area contributed by atoms with Gasteiger partial charge in [0, 0.05) is 16.9 Å². The van der Waals surface area contributed by atoms with E-state index in [0.717, 1.165) is 17.1 Å². The predicted molar refractivity (Wildman–Crippen MR) is 111 cm³/mol. The van der Waals surface area contributed by atoms with Gasteiger partial charge in [0.2, 0.25) is 0 Å². The first-order chi connectivity index (χ1) is 11.7. The Morgan fingerprint density at radius 1 is 0.960 bits per heavy atom. The Balaban J connectivity index is 0.00000182. The first-order valence-corrected chi connectivity index (χ1v) is 9.13. The summed E-state index contributed by atoms with van der Waals surface area (Å²) in [7, 11) is 0. The molecule has 132 valence electrons. The lowest BCUT2D eigenvalue weighted by Crippen LogP contribution is -2.54. The average Bonchev–Trinajstić information content (AvgIpc) is 3.21. The summed E-state index contributed by atoms with van der Waals surface area (Å²) in [5.74, 6) is 0.856. The number of hydrogen-bond donors (Lipinski definition) is 2. The summed E-state index contributed by atoms with van der Waals surface area (Å²) in [5, 5.41) is 13.0. The Morgan fingerprint density at radius 3 is 2.20 bits per heavy atom. The van der Waals surface area contributed by atoms with E-state index in [0.29, 0.717) is 11.3 Å². The summed E-state index contributed by atoms with van der Waals surface area (Å²) in [6.45, 7) is 4.48. The smallest absolute Gasteiger partial charge is 0.171 e. The number of thioether (sulfide) groups is 1. The van der Waals surface area contributed by atoms with Crippen molar-refractivity contribution >= 4 is 40.3 Å². The molecule has 1 fully saturated rings. The van der Waals surface area contributed by atoms with Crippen LogP contribution in [0.3, 0.4) is 0 Å². The number of amidine groups is 1. The van der Waals surface area contributed by atoms with Crippen molar-refractivity contribution in [2.24, 2.45) is 5.10 Å². The average molecular weight is 420 g/mol. The van der Waals surface area contributed by atoms with Gasteiger partial charge >= 0.3 is 0 Å². The molecule has 2 aliphatic rings. The van der Waals surface area contributed by atoms with Crippen LogP contribution in [0, 0.1) is 0 Å². The van der Waals surface area contributed by atoms with Crippen LogP contribution in [0.15, 0.2) is 65.8 Å². The van der Waals surface area contributed by atoms with Crippen LogP contribution in [-0.2, 0) is 0 Å². The highest BCUT2D eigenvalue weighted by molar-refractivity contribution is 8.93. The highest BCUT2D eigenvalue weighted by Crippen LogP contribution is 2.32.